The molecule has 0 fully saturated rings. The van der Waals surface area contributed by atoms with E-state index in [4.69, 9.17) is 0 Å². The van der Waals surface area contributed by atoms with Gasteiger partial charge in [-0.1, -0.05) is 24.3 Å². The van der Waals surface area contributed by atoms with Gasteiger partial charge < -0.3 is 5.32 Å². The van der Waals surface area contributed by atoms with Gasteiger partial charge in [0.25, 0.3) is 15.9 Å². The van der Waals surface area contributed by atoms with Crippen molar-refractivity contribution in [3.8, 4) is 0 Å². The van der Waals surface area contributed by atoms with Crippen molar-refractivity contribution in [1.82, 2.24) is 0 Å². The van der Waals surface area contributed by atoms with E-state index in [2.05, 4.69) is 14.8 Å². The highest BCUT2D eigenvalue weighted by atomic mass is 32.2. The Bertz CT molecular complexity index is 1300. The molecule has 3 aromatic carbocycles. The van der Waals surface area contributed by atoms with Gasteiger partial charge in [-0.25, -0.2) is 16.8 Å². The summed E-state index contributed by atoms with van der Waals surface area (Å²) < 4.78 is 52.6. The van der Waals surface area contributed by atoms with Crippen molar-refractivity contribution in [3.05, 3.63) is 83.9 Å². The van der Waals surface area contributed by atoms with Gasteiger partial charge in [0.15, 0.2) is 0 Å². The van der Waals surface area contributed by atoms with Crippen LogP contribution >= 0.6 is 0 Å². The molecule has 0 unspecified atom stereocenters. The Hall–Kier alpha value is -3.37. The van der Waals surface area contributed by atoms with Crippen LogP contribution in [0.2, 0.25) is 0 Å². The van der Waals surface area contributed by atoms with Crippen LogP contribution in [0.3, 0.4) is 0 Å². The molecule has 0 saturated carbocycles. The van der Waals surface area contributed by atoms with E-state index >= 15 is 0 Å². The molecule has 0 saturated heterocycles. The van der Waals surface area contributed by atoms with Crippen molar-refractivity contribution in [2.75, 3.05) is 21.0 Å². The van der Waals surface area contributed by atoms with Gasteiger partial charge in [-0.05, 0) is 61.0 Å². The van der Waals surface area contributed by atoms with Gasteiger partial charge in [-0.3, -0.25) is 14.2 Å². The molecule has 3 rings (SSSR count). The van der Waals surface area contributed by atoms with Crippen LogP contribution in [0.25, 0.3) is 0 Å². The second-order valence-electron chi connectivity index (χ2n) is 6.85. The lowest BCUT2D eigenvalue weighted by Crippen LogP contribution is -2.15. The Morgan fingerprint density at radius 1 is 0.774 bits per heavy atom. The molecule has 162 valence electrons. The average molecular weight is 460 g/mol. The van der Waals surface area contributed by atoms with E-state index in [0.717, 1.165) is 6.26 Å². The molecule has 0 heterocycles. The quantitative estimate of drug-likeness (QED) is 0.500. The second-order valence-corrected chi connectivity index (χ2v) is 10.3. The van der Waals surface area contributed by atoms with Crippen molar-refractivity contribution < 1.29 is 21.6 Å². The van der Waals surface area contributed by atoms with Crippen LogP contribution in [0, 0.1) is 6.92 Å². The summed E-state index contributed by atoms with van der Waals surface area (Å²) in [6.45, 7) is 1.74. The molecule has 0 radical (unpaired) electrons. The van der Waals surface area contributed by atoms with Crippen LogP contribution in [0.15, 0.2) is 77.7 Å². The fourth-order valence-corrected chi connectivity index (χ4v) is 4.42. The summed E-state index contributed by atoms with van der Waals surface area (Å²) in [6.07, 6.45) is 1.05. The van der Waals surface area contributed by atoms with E-state index in [1.807, 2.05) is 0 Å². The monoisotopic (exact) mass is 459 g/mol. The highest BCUT2D eigenvalue weighted by molar-refractivity contribution is 7.92. The average Bonchev–Trinajstić information content (AvgIpc) is 2.70. The summed E-state index contributed by atoms with van der Waals surface area (Å²) in [5.74, 6) is -0.424. The zero-order chi connectivity index (χ0) is 22.6. The first-order chi connectivity index (χ1) is 14.5. The van der Waals surface area contributed by atoms with E-state index in [1.54, 1.807) is 37.3 Å². The van der Waals surface area contributed by atoms with Gasteiger partial charge in [-0.2, -0.15) is 0 Å². The molecule has 0 aliphatic rings. The lowest BCUT2D eigenvalue weighted by molar-refractivity contribution is 0.102. The highest BCUT2D eigenvalue weighted by Crippen LogP contribution is 2.22. The van der Waals surface area contributed by atoms with Gasteiger partial charge in [0.1, 0.15) is 0 Å². The summed E-state index contributed by atoms with van der Waals surface area (Å²) in [5.41, 5.74) is 2.11. The van der Waals surface area contributed by atoms with Crippen molar-refractivity contribution >= 4 is 43.0 Å². The molecular weight excluding hydrogens is 438 g/mol. The maximum atomic E-state index is 12.5. The van der Waals surface area contributed by atoms with Crippen molar-refractivity contribution in [1.29, 1.82) is 0 Å². The Labute approximate surface area is 181 Å². The van der Waals surface area contributed by atoms with Gasteiger partial charge in [0, 0.05) is 16.9 Å². The number of hydrogen-bond acceptors (Lipinski definition) is 5. The summed E-state index contributed by atoms with van der Waals surface area (Å²) in [4.78, 5) is 12.7. The van der Waals surface area contributed by atoms with Gasteiger partial charge in [0.05, 0.1) is 16.8 Å². The number of sulfonamides is 2. The number of benzene rings is 3. The summed E-state index contributed by atoms with van der Waals surface area (Å²) >= 11 is 0. The van der Waals surface area contributed by atoms with Crippen LogP contribution in [0.5, 0.6) is 0 Å². The number of carbonyl (C=O) groups excluding carboxylic acids is 1. The summed E-state index contributed by atoms with van der Waals surface area (Å²) in [6, 6.07) is 18.8. The first-order valence-corrected chi connectivity index (χ1v) is 12.5. The third-order valence-electron chi connectivity index (χ3n) is 4.24. The van der Waals surface area contributed by atoms with Gasteiger partial charge >= 0.3 is 0 Å². The Morgan fingerprint density at radius 3 is 2.00 bits per heavy atom. The first kappa shape index (κ1) is 22.3. The van der Waals surface area contributed by atoms with Crippen LogP contribution in [0.4, 0.5) is 17.1 Å². The van der Waals surface area contributed by atoms with E-state index in [9.17, 15) is 21.6 Å². The molecular formula is C21H21N3O5S2. The van der Waals surface area contributed by atoms with Crippen molar-refractivity contribution in [2.24, 2.45) is 0 Å². The molecule has 31 heavy (non-hydrogen) atoms. The molecule has 3 N–H and O–H groups in total. The summed E-state index contributed by atoms with van der Waals surface area (Å²) in [7, 11) is -7.18. The number of rotatable bonds is 7. The highest BCUT2D eigenvalue weighted by Gasteiger charge is 2.14. The maximum Gasteiger partial charge on any atom is 0.261 e. The third-order valence-corrected chi connectivity index (χ3v) is 6.23. The van der Waals surface area contributed by atoms with Crippen LogP contribution in [0.1, 0.15) is 15.9 Å². The number of aryl methyl sites for hydroxylation is 1. The van der Waals surface area contributed by atoms with E-state index in [0.29, 0.717) is 28.2 Å². The first-order valence-electron chi connectivity index (χ1n) is 9.11. The van der Waals surface area contributed by atoms with Crippen molar-refractivity contribution in [3.63, 3.8) is 0 Å². The Balaban J connectivity index is 1.72. The second kappa shape index (κ2) is 8.78. The predicted molar refractivity (Wildman–Crippen MR) is 121 cm³/mol. The van der Waals surface area contributed by atoms with Crippen LogP contribution in [-0.4, -0.2) is 29.0 Å². The topological polar surface area (TPSA) is 121 Å². The Kier molecular flexibility index (Phi) is 6.32. The largest absolute Gasteiger partial charge is 0.322 e. The predicted octanol–water partition coefficient (Wildman–Crippen LogP) is 3.42. The van der Waals surface area contributed by atoms with Crippen LogP contribution in [-0.2, 0) is 20.0 Å². The fourth-order valence-electron chi connectivity index (χ4n) is 2.72. The zero-order valence-electron chi connectivity index (χ0n) is 16.8. The van der Waals surface area contributed by atoms with Gasteiger partial charge in [0.2, 0.25) is 10.0 Å². The van der Waals surface area contributed by atoms with E-state index in [1.165, 1.54) is 42.5 Å². The Morgan fingerprint density at radius 2 is 1.39 bits per heavy atom. The molecule has 0 aromatic heterocycles. The lowest BCUT2D eigenvalue weighted by Gasteiger charge is -2.12. The minimum absolute atomic E-state index is 0.134. The smallest absolute Gasteiger partial charge is 0.261 e. The number of carbonyl (C=O) groups is 1. The molecule has 0 spiro atoms. The fraction of sp³-hybridized carbons (Fsp3) is 0.0952. The molecule has 0 bridgehead atoms. The third kappa shape index (κ3) is 6.06. The van der Waals surface area contributed by atoms with E-state index in [-0.39, 0.29) is 4.90 Å². The number of anilines is 3. The normalized spacial score (nSPS) is 11.5. The minimum atomic E-state index is -3.73. The molecule has 1 amide bonds. The molecule has 8 nitrogen and oxygen atoms in total. The zero-order valence-corrected chi connectivity index (χ0v) is 18.4. The maximum absolute atomic E-state index is 12.5. The molecule has 3 aromatic rings. The minimum Gasteiger partial charge on any atom is -0.322 e. The SMILES string of the molecule is Cc1ccc(NC(=O)c2ccc(NS(=O)(=O)c3ccccc3)cc2)cc1NS(C)(=O)=O. The van der Waals surface area contributed by atoms with Crippen LogP contribution < -0.4 is 14.8 Å². The molecule has 0 aliphatic heterocycles. The number of amides is 1. The molecule has 0 aliphatic carbocycles. The number of hydrogen-bond donors (Lipinski definition) is 3. The lowest BCUT2D eigenvalue weighted by atomic mass is 10.1. The standard InChI is InChI=1S/C21H21N3O5S2/c1-15-8-11-18(14-20(15)24-30(2,26)27)22-21(25)16-9-12-17(13-10-16)23-31(28,29)19-6-4-3-5-7-19/h3-14,23-24H,1-2H3,(H,22,25). The van der Waals surface area contributed by atoms with Gasteiger partial charge in [-0.15, -0.1) is 0 Å². The molecule has 0 atom stereocenters. The van der Waals surface area contributed by atoms with Crippen molar-refractivity contribution in [2.45, 2.75) is 11.8 Å². The molecule has 10 heteroatoms. The van der Waals surface area contributed by atoms with E-state index < -0.39 is 26.0 Å². The summed E-state index contributed by atoms with van der Waals surface area (Å²) in [5, 5.41) is 2.69. The number of nitrogens with one attached hydrogen (secondary N) is 3.